The van der Waals surface area contributed by atoms with Crippen LogP contribution in [0.5, 0.6) is 5.75 Å². The number of nitrogens with two attached hydrogens (primary N) is 1. The Morgan fingerprint density at radius 2 is 1.79 bits per heavy atom. The van der Waals surface area contributed by atoms with Crippen LogP contribution in [0.3, 0.4) is 0 Å². The number of hydrogen-bond acceptors (Lipinski definition) is 3. The van der Waals surface area contributed by atoms with Crippen molar-refractivity contribution in [3.05, 3.63) is 65.5 Å². The highest BCUT2D eigenvalue weighted by molar-refractivity contribution is 5.33. The number of halogens is 1. The molecule has 0 saturated heterocycles. The van der Waals surface area contributed by atoms with Gasteiger partial charge < -0.3 is 15.6 Å². The molecule has 0 fully saturated rings. The van der Waals surface area contributed by atoms with E-state index in [9.17, 15) is 9.50 Å². The van der Waals surface area contributed by atoms with E-state index in [0.717, 1.165) is 5.56 Å². The van der Waals surface area contributed by atoms with Crippen molar-refractivity contribution < 1.29 is 14.2 Å². The lowest BCUT2D eigenvalue weighted by atomic mass is 10.1. The van der Waals surface area contributed by atoms with Crippen LogP contribution >= 0.6 is 0 Å². The summed E-state index contributed by atoms with van der Waals surface area (Å²) in [6, 6.07) is 13.3. The van der Waals surface area contributed by atoms with E-state index in [4.69, 9.17) is 10.5 Å². The van der Waals surface area contributed by atoms with Gasteiger partial charge in [-0.05, 0) is 23.8 Å². The van der Waals surface area contributed by atoms with Gasteiger partial charge in [0.25, 0.3) is 0 Å². The monoisotopic (exact) mass is 261 g/mol. The van der Waals surface area contributed by atoms with E-state index in [1.54, 1.807) is 24.3 Å². The van der Waals surface area contributed by atoms with Crippen molar-refractivity contribution in [3.8, 4) is 5.75 Å². The molecule has 3 nitrogen and oxygen atoms in total. The molecule has 4 heteroatoms. The second-order valence-corrected chi connectivity index (χ2v) is 4.16. The van der Waals surface area contributed by atoms with Crippen LogP contribution < -0.4 is 10.5 Å². The third-order valence-electron chi connectivity index (χ3n) is 2.87. The fourth-order valence-corrected chi connectivity index (χ4v) is 1.83. The average Bonchev–Trinajstić information content (AvgIpc) is 2.46. The molecule has 1 atom stereocenters. The Balaban J connectivity index is 2.21. The quantitative estimate of drug-likeness (QED) is 0.869. The maximum Gasteiger partial charge on any atom is 0.136 e. The topological polar surface area (TPSA) is 55.5 Å². The Hall–Kier alpha value is -1.91. The van der Waals surface area contributed by atoms with Crippen LogP contribution in [0.1, 0.15) is 17.2 Å². The lowest BCUT2D eigenvalue weighted by Crippen LogP contribution is -2.19. The minimum Gasteiger partial charge on any atom is -0.484 e. The number of hydrogen-bond donors (Lipinski definition) is 2. The van der Waals surface area contributed by atoms with Gasteiger partial charge in [-0.3, -0.25) is 0 Å². The van der Waals surface area contributed by atoms with Gasteiger partial charge in [0.15, 0.2) is 0 Å². The van der Waals surface area contributed by atoms with Gasteiger partial charge in [-0.2, -0.15) is 0 Å². The van der Waals surface area contributed by atoms with Crippen LogP contribution in [0.15, 0.2) is 48.5 Å². The predicted molar refractivity (Wildman–Crippen MR) is 71.2 cm³/mol. The highest BCUT2D eigenvalue weighted by atomic mass is 19.1. The van der Waals surface area contributed by atoms with Crippen molar-refractivity contribution in [2.75, 3.05) is 6.54 Å². The number of para-hydroxylation sites is 1. The van der Waals surface area contributed by atoms with Gasteiger partial charge >= 0.3 is 0 Å². The van der Waals surface area contributed by atoms with Crippen LogP contribution in [0.4, 0.5) is 4.39 Å². The first-order valence-corrected chi connectivity index (χ1v) is 6.05. The van der Waals surface area contributed by atoms with Crippen LogP contribution in [0.2, 0.25) is 0 Å². The van der Waals surface area contributed by atoms with Gasteiger partial charge in [0.05, 0.1) is 6.61 Å². The minimum absolute atomic E-state index is 0.100. The molecule has 0 aliphatic rings. The molecule has 0 aliphatic carbocycles. The summed E-state index contributed by atoms with van der Waals surface area (Å²) in [6.45, 7) is 0.169. The summed E-state index contributed by atoms with van der Waals surface area (Å²) in [4.78, 5) is 0. The second kappa shape index (κ2) is 6.31. The van der Waals surface area contributed by atoms with Crippen LogP contribution in [-0.4, -0.2) is 11.7 Å². The molecular weight excluding hydrogens is 245 g/mol. The minimum atomic E-state index is -0.367. The second-order valence-electron chi connectivity index (χ2n) is 4.16. The summed E-state index contributed by atoms with van der Waals surface area (Å²) < 4.78 is 18.7. The summed E-state index contributed by atoms with van der Waals surface area (Å²) in [5, 5.41) is 9.25. The zero-order valence-electron chi connectivity index (χ0n) is 10.4. The molecule has 0 bridgehead atoms. The molecule has 0 aromatic heterocycles. The SMILES string of the molecule is NCC(Oc1ccccc1CO)c1ccc(F)cc1. The number of aliphatic hydroxyl groups is 1. The van der Waals surface area contributed by atoms with Gasteiger partial charge in [0.2, 0.25) is 0 Å². The van der Waals surface area contributed by atoms with E-state index in [1.165, 1.54) is 12.1 Å². The molecule has 0 saturated carbocycles. The molecule has 100 valence electrons. The van der Waals surface area contributed by atoms with Crippen molar-refractivity contribution in [3.63, 3.8) is 0 Å². The summed E-state index contributed by atoms with van der Waals surface area (Å²) in [6.07, 6.45) is -0.367. The van der Waals surface area contributed by atoms with Crippen LogP contribution in [0.25, 0.3) is 0 Å². The Morgan fingerprint density at radius 3 is 2.42 bits per heavy atom. The van der Waals surface area contributed by atoms with Crippen LogP contribution in [-0.2, 0) is 6.61 Å². The maximum atomic E-state index is 12.9. The first kappa shape index (κ1) is 13.5. The molecule has 1 unspecified atom stereocenters. The Kier molecular flexibility index (Phi) is 4.49. The zero-order chi connectivity index (χ0) is 13.7. The molecule has 0 heterocycles. The smallest absolute Gasteiger partial charge is 0.136 e. The van der Waals surface area contributed by atoms with Crippen molar-refractivity contribution in [1.29, 1.82) is 0 Å². The third-order valence-corrected chi connectivity index (χ3v) is 2.87. The van der Waals surface area contributed by atoms with E-state index < -0.39 is 0 Å². The molecule has 0 aliphatic heterocycles. The normalized spacial score (nSPS) is 12.2. The highest BCUT2D eigenvalue weighted by Crippen LogP contribution is 2.25. The number of aliphatic hydroxyl groups excluding tert-OH is 1. The first-order valence-electron chi connectivity index (χ1n) is 6.05. The lowest BCUT2D eigenvalue weighted by Gasteiger charge is -2.19. The standard InChI is InChI=1S/C15H16FNO2/c16-13-7-5-11(6-8-13)15(9-17)19-14-4-2-1-3-12(14)10-18/h1-8,15,18H,9-10,17H2. The van der Waals surface area contributed by atoms with Gasteiger partial charge in [-0.25, -0.2) is 4.39 Å². The van der Waals surface area contributed by atoms with E-state index >= 15 is 0 Å². The summed E-state index contributed by atoms with van der Waals surface area (Å²) in [7, 11) is 0. The van der Waals surface area contributed by atoms with Crippen LogP contribution in [0, 0.1) is 5.82 Å². The molecule has 2 aromatic carbocycles. The largest absolute Gasteiger partial charge is 0.484 e. The molecule has 0 spiro atoms. The van der Waals surface area contributed by atoms with Gasteiger partial charge in [0, 0.05) is 12.1 Å². The molecular formula is C15H16FNO2. The Bertz CT molecular complexity index is 528. The van der Waals surface area contributed by atoms with Gasteiger partial charge in [-0.15, -0.1) is 0 Å². The molecule has 19 heavy (non-hydrogen) atoms. The average molecular weight is 261 g/mol. The molecule has 2 rings (SSSR count). The summed E-state index contributed by atoms with van der Waals surface area (Å²) >= 11 is 0. The lowest BCUT2D eigenvalue weighted by molar-refractivity contribution is 0.203. The predicted octanol–water partition coefficient (Wildman–Crippen LogP) is 2.40. The summed E-state index contributed by atoms with van der Waals surface area (Å²) in [5.74, 6) is 0.292. The Morgan fingerprint density at radius 1 is 1.11 bits per heavy atom. The summed E-state index contributed by atoms with van der Waals surface area (Å²) in [5.41, 5.74) is 7.20. The number of benzene rings is 2. The molecule has 3 N–H and O–H groups in total. The highest BCUT2D eigenvalue weighted by Gasteiger charge is 2.13. The molecule has 0 radical (unpaired) electrons. The van der Waals surface area contributed by atoms with Gasteiger partial charge in [-0.1, -0.05) is 30.3 Å². The van der Waals surface area contributed by atoms with Crippen molar-refractivity contribution in [2.24, 2.45) is 5.73 Å². The van der Waals surface area contributed by atoms with E-state index in [0.29, 0.717) is 11.3 Å². The van der Waals surface area contributed by atoms with Crippen molar-refractivity contribution in [2.45, 2.75) is 12.7 Å². The maximum absolute atomic E-state index is 12.9. The van der Waals surface area contributed by atoms with Crippen molar-refractivity contribution in [1.82, 2.24) is 0 Å². The van der Waals surface area contributed by atoms with E-state index in [-0.39, 0.29) is 25.1 Å². The number of ether oxygens (including phenoxy) is 1. The molecule has 2 aromatic rings. The van der Waals surface area contributed by atoms with Gasteiger partial charge in [0.1, 0.15) is 17.7 Å². The fourth-order valence-electron chi connectivity index (χ4n) is 1.83. The zero-order valence-corrected chi connectivity index (χ0v) is 10.4. The third kappa shape index (κ3) is 3.30. The molecule has 0 amide bonds. The first-order chi connectivity index (χ1) is 9.24. The fraction of sp³-hybridized carbons (Fsp3) is 0.200. The van der Waals surface area contributed by atoms with E-state index in [2.05, 4.69) is 0 Å². The van der Waals surface area contributed by atoms with Crippen molar-refractivity contribution >= 4 is 0 Å². The Labute approximate surface area is 111 Å². The van der Waals surface area contributed by atoms with E-state index in [1.807, 2.05) is 12.1 Å². The number of rotatable bonds is 5.